The Morgan fingerprint density at radius 2 is 1.62 bits per heavy atom. The van der Waals surface area contributed by atoms with Crippen LogP contribution in [0.1, 0.15) is 5.56 Å². The van der Waals surface area contributed by atoms with Crippen LogP contribution in [0, 0.1) is 11.6 Å². The van der Waals surface area contributed by atoms with Gasteiger partial charge in [0.05, 0.1) is 30.3 Å². The Labute approximate surface area is 164 Å². The maximum Gasteiger partial charge on any atom is 0.267 e. The van der Waals surface area contributed by atoms with Crippen LogP contribution in [-0.4, -0.2) is 19.7 Å². The summed E-state index contributed by atoms with van der Waals surface area (Å²) in [6, 6.07) is 13.2. The van der Waals surface area contributed by atoms with Crippen molar-refractivity contribution in [1.29, 1.82) is 0 Å². The van der Waals surface area contributed by atoms with Gasteiger partial charge in [-0.05, 0) is 29.8 Å². The van der Waals surface area contributed by atoms with E-state index < -0.39 is 11.6 Å². The number of nitrogens with zero attached hydrogens (tertiary/aromatic N) is 4. The lowest BCUT2D eigenvalue weighted by atomic mass is 10.1. The van der Waals surface area contributed by atoms with E-state index in [1.54, 1.807) is 0 Å². The Bertz CT molecular complexity index is 1220. The van der Waals surface area contributed by atoms with E-state index in [0.29, 0.717) is 17.2 Å². The Morgan fingerprint density at radius 3 is 2.34 bits per heavy atom. The van der Waals surface area contributed by atoms with Crippen molar-refractivity contribution >= 4 is 5.69 Å². The lowest BCUT2D eigenvalue weighted by Gasteiger charge is -2.09. The van der Waals surface area contributed by atoms with Crippen LogP contribution in [0.5, 0.6) is 0 Å². The highest BCUT2D eigenvalue weighted by Gasteiger charge is 2.09. The number of hydrogen-bond donors (Lipinski definition) is 1. The van der Waals surface area contributed by atoms with Crippen molar-refractivity contribution in [2.45, 2.75) is 6.54 Å². The van der Waals surface area contributed by atoms with Crippen molar-refractivity contribution in [3.8, 4) is 22.6 Å². The van der Waals surface area contributed by atoms with Crippen LogP contribution in [0.2, 0.25) is 0 Å². The summed E-state index contributed by atoms with van der Waals surface area (Å²) in [5.41, 5.74) is 7.84. The number of aromatic nitrogens is 4. The van der Waals surface area contributed by atoms with Crippen molar-refractivity contribution in [2.24, 2.45) is 0 Å². The topological polar surface area (TPSA) is 86.7 Å². The SMILES string of the molecule is Nc1cnc(-c2cccc(Cn3nc(-c4cc(F)cc(F)c4)ccc3=O)c2)nc1. The summed E-state index contributed by atoms with van der Waals surface area (Å²) in [4.78, 5) is 20.6. The quantitative estimate of drug-likeness (QED) is 0.577. The molecule has 144 valence electrons. The van der Waals surface area contributed by atoms with Crippen molar-refractivity contribution < 1.29 is 8.78 Å². The number of halogens is 2. The Balaban J connectivity index is 1.67. The first kappa shape index (κ1) is 18.4. The summed E-state index contributed by atoms with van der Waals surface area (Å²) in [7, 11) is 0. The first-order chi connectivity index (χ1) is 14.0. The summed E-state index contributed by atoms with van der Waals surface area (Å²) in [5.74, 6) is -0.920. The van der Waals surface area contributed by atoms with Crippen LogP contribution >= 0.6 is 0 Å². The van der Waals surface area contributed by atoms with Crippen molar-refractivity contribution in [1.82, 2.24) is 19.7 Å². The summed E-state index contributed by atoms with van der Waals surface area (Å²) in [6.07, 6.45) is 3.03. The monoisotopic (exact) mass is 391 g/mol. The molecule has 0 amide bonds. The molecule has 0 radical (unpaired) electrons. The average Bonchev–Trinajstić information content (AvgIpc) is 2.70. The number of nitrogens with two attached hydrogens (primary N) is 1. The van der Waals surface area contributed by atoms with Crippen molar-refractivity contribution in [3.05, 3.63) is 94.5 Å². The normalized spacial score (nSPS) is 10.8. The fourth-order valence-corrected chi connectivity index (χ4v) is 2.89. The minimum absolute atomic E-state index is 0.174. The van der Waals surface area contributed by atoms with Gasteiger partial charge in [0.15, 0.2) is 5.82 Å². The first-order valence-corrected chi connectivity index (χ1v) is 8.69. The highest BCUT2D eigenvalue weighted by atomic mass is 19.1. The highest BCUT2D eigenvalue weighted by Crippen LogP contribution is 2.20. The molecule has 0 bridgehead atoms. The van der Waals surface area contributed by atoms with E-state index in [0.717, 1.165) is 17.2 Å². The second kappa shape index (κ2) is 7.59. The summed E-state index contributed by atoms with van der Waals surface area (Å²) < 4.78 is 28.3. The third kappa shape index (κ3) is 4.16. The van der Waals surface area contributed by atoms with Gasteiger partial charge in [-0.25, -0.2) is 23.4 Å². The van der Waals surface area contributed by atoms with E-state index in [2.05, 4.69) is 15.1 Å². The van der Waals surface area contributed by atoms with Gasteiger partial charge in [-0.1, -0.05) is 18.2 Å². The van der Waals surface area contributed by atoms with E-state index in [-0.39, 0.29) is 17.7 Å². The van der Waals surface area contributed by atoms with E-state index in [9.17, 15) is 13.6 Å². The lowest BCUT2D eigenvalue weighted by molar-refractivity contribution is 0.583. The molecule has 0 fully saturated rings. The second-order valence-corrected chi connectivity index (χ2v) is 6.41. The van der Waals surface area contributed by atoms with E-state index in [1.165, 1.54) is 41.3 Å². The molecule has 0 atom stereocenters. The van der Waals surface area contributed by atoms with Crippen LogP contribution < -0.4 is 11.3 Å². The molecule has 0 aliphatic carbocycles. The van der Waals surface area contributed by atoms with Gasteiger partial charge in [0, 0.05) is 23.3 Å². The molecule has 2 aromatic heterocycles. The molecule has 4 aromatic rings. The number of hydrogen-bond acceptors (Lipinski definition) is 5. The molecule has 0 aliphatic heterocycles. The van der Waals surface area contributed by atoms with Gasteiger partial charge in [-0.15, -0.1) is 0 Å². The zero-order chi connectivity index (χ0) is 20.4. The maximum absolute atomic E-state index is 13.5. The minimum atomic E-state index is -0.712. The molecule has 0 spiro atoms. The average molecular weight is 391 g/mol. The Kier molecular flexibility index (Phi) is 4.82. The number of benzene rings is 2. The lowest BCUT2D eigenvalue weighted by Crippen LogP contribution is -2.22. The molecule has 0 unspecified atom stereocenters. The fourth-order valence-electron chi connectivity index (χ4n) is 2.89. The van der Waals surface area contributed by atoms with Crippen LogP contribution in [0.4, 0.5) is 14.5 Å². The predicted molar refractivity (Wildman–Crippen MR) is 105 cm³/mol. The number of nitrogen functional groups attached to an aromatic ring is 1. The maximum atomic E-state index is 13.5. The number of anilines is 1. The van der Waals surface area contributed by atoms with E-state index >= 15 is 0 Å². The van der Waals surface area contributed by atoms with E-state index in [1.807, 2.05) is 24.3 Å². The van der Waals surface area contributed by atoms with Gasteiger partial charge in [0.1, 0.15) is 11.6 Å². The van der Waals surface area contributed by atoms with Crippen LogP contribution in [0.15, 0.2) is 71.8 Å². The minimum Gasteiger partial charge on any atom is -0.396 e. The molecule has 6 nitrogen and oxygen atoms in total. The third-order valence-corrected chi connectivity index (χ3v) is 4.21. The van der Waals surface area contributed by atoms with Gasteiger partial charge in [-0.3, -0.25) is 4.79 Å². The Morgan fingerprint density at radius 1 is 0.897 bits per heavy atom. The second-order valence-electron chi connectivity index (χ2n) is 6.41. The zero-order valence-corrected chi connectivity index (χ0v) is 15.1. The smallest absolute Gasteiger partial charge is 0.267 e. The largest absolute Gasteiger partial charge is 0.396 e. The molecule has 2 heterocycles. The van der Waals surface area contributed by atoms with Gasteiger partial charge in [0.25, 0.3) is 5.56 Å². The molecule has 0 aliphatic rings. The molecule has 29 heavy (non-hydrogen) atoms. The predicted octanol–water partition coefficient (Wildman–Crippen LogP) is 3.28. The molecular formula is C21H15F2N5O. The summed E-state index contributed by atoms with van der Waals surface area (Å²) in [6.45, 7) is 0.174. The molecule has 0 saturated heterocycles. The van der Waals surface area contributed by atoms with Gasteiger partial charge < -0.3 is 5.73 Å². The molecule has 2 N–H and O–H groups in total. The molecular weight excluding hydrogens is 376 g/mol. The van der Waals surface area contributed by atoms with Crippen LogP contribution in [-0.2, 0) is 6.54 Å². The third-order valence-electron chi connectivity index (χ3n) is 4.21. The van der Waals surface area contributed by atoms with Gasteiger partial charge in [-0.2, -0.15) is 5.10 Å². The van der Waals surface area contributed by atoms with Gasteiger partial charge >= 0.3 is 0 Å². The Hall–Kier alpha value is -3.94. The first-order valence-electron chi connectivity index (χ1n) is 8.69. The van der Waals surface area contributed by atoms with Crippen molar-refractivity contribution in [2.75, 3.05) is 5.73 Å². The van der Waals surface area contributed by atoms with Crippen molar-refractivity contribution in [3.63, 3.8) is 0 Å². The van der Waals surface area contributed by atoms with E-state index in [4.69, 9.17) is 5.73 Å². The van der Waals surface area contributed by atoms with Crippen LogP contribution in [0.3, 0.4) is 0 Å². The molecule has 0 saturated carbocycles. The summed E-state index contributed by atoms with van der Waals surface area (Å²) >= 11 is 0. The molecule has 4 rings (SSSR count). The number of rotatable bonds is 4. The summed E-state index contributed by atoms with van der Waals surface area (Å²) in [5, 5.41) is 4.26. The van der Waals surface area contributed by atoms with Gasteiger partial charge in [0.2, 0.25) is 0 Å². The highest BCUT2D eigenvalue weighted by molar-refractivity contribution is 5.59. The standard InChI is InChI=1S/C21H15F2N5O/c22-16-7-15(8-17(23)9-16)19-4-5-20(29)28(27-19)12-13-2-1-3-14(6-13)21-25-10-18(24)11-26-21/h1-11H,12,24H2. The molecule has 2 aromatic carbocycles. The zero-order valence-electron chi connectivity index (χ0n) is 15.1. The molecule has 8 heteroatoms. The van der Waals surface area contributed by atoms with Crippen LogP contribution in [0.25, 0.3) is 22.6 Å². The fraction of sp³-hybridized carbons (Fsp3) is 0.0476.